The average Bonchev–Trinajstić information content (AvgIpc) is 2.40. The molecule has 18 heavy (non-hydrogen) atoms. The fourth-order valence-corrected chi connectivity index (χ4v) is 2.22. The molecule has 0 fully saturated rings. The summed E-state index contributed by atoms with van der Waals surface area (Å²) in [6.07, 6.45) is 5.24. The SMILES string of the molecule is Cc1ccc(C(=O)CN2CCC=CC2CN)cc1. The fraction of sp³-hybridized carbons (Fsp3) is 0.400. The molecule has 1 heterocycles. The van der Waals surface area contributed by atoms with E-state index in [1.807, 2.05) is 31.2 Å². The van der Waals surface area contributed by atoms with E-state index in [2.05, 4.69) is 17.1 Å². The van der Waals surface area contributed by atoms with Crippen molar-refractivity contribution in [2.45, 2.75) is 19.4 Å². The van der Waals surface area contributed by atoms with Crippen LogP contribution in [-0.2, 0) is 0 Å². The molecule has 2 N–H and O–H groups in total. The zero-order chi connectivity index (χ0) is 13.0. The van der Waals surface area contributed by atoms with Gasteiger partial charge in [0, 0.05) is 24.7 Å². The Balaban J connectivity index is 2.02. The lowest BCUT2D eigenvalue weighted by molar-refractivity contribution is 0.0910. The van der Waals surface area contributed by atoms with Gasteiger partial charge in [0.25, 0.3) is 0 Å². The van der Waals surface area contributed by atoms with Crippen molar-refractivity contribution in [3.8, 4) is 0 Å². The first-order chi connectivity index (χ1) is 8.70. The Morgan fingerprint density at radius 3 is 2.78 bits per heavy atom. The van der Waals surface area contributed by atoms with Gasteiger partial charge < -0.3 is 5.73 Å². The number of carbonyl (C=O) groups is 1. The van der Waals surface area contributed by atoms with Crippen molar-refractivity contribution in [3.63, 3.8) is 0 Å². The molecule has 1 aliphatic rings. The number of carbonyl (C=O) groups excluding carboxylic acids is 1. The second-order valence-electron chi connectivity index (χ2n) is 4.78. The molecule has 0 spiro atoms. The van der Waals surface area contributed by atoms with E-state index >= 15 is 0 Å². The summed E-state index contributed by atoms with van der Waals surface area (Å²) in [5.41, 5.74) is 7.68. The molecular weight excluding hydrogens is 224 g/mol. The van der Waals surface area contributed by atoms with Gasteiger partial charge in [0.1, 0.15) is 0 Å². The summed E-state index contributed by atoms with van der Waals surface area (Å²) in [6, 6.07) is 7.95. The summed E-state index contributed by atoms with van der Waals surface area (Å²) >= 11 is 0. The van der Waals surface area contributed by atoms with Crippen molar-refractivity contribution in [1.29, 1.82) is 0 Å². The summed E-state index contributed by atoms with van der Waals surface area (Å²) in [5, 5.41) is 0. The molecule has 1 aromatic carbocycles. The minimum atomic E-state index is 0.170. The van der Waals surface area contributed by atoms with Crippen LogP contribution < -0.4 is 5.73 Å². The summed E-state index contributed by atoms with van der Waals surface area (Å²) in [5.74, 6) is 0.170. The highest BCUT2D eigenvalue weighted by atomic mass is 16.1. The Bertz CT molecular complexity index is 436. The van der Waals surface area contributed by atoms with Gasteiger partial charge in [-0.25, -0.2) is 0 Å². The van der Waals surface area contributed by atoms with Crippen LogP contribution in [0.3, 0.4) is 0 Å². The number of Topliss-reactive ketones (excluding diaryl/α,β-unsaturated/α-hetero) is 1. The van der Waals surface area contributed by atoms with Crippen LogP contribution in [0.1, 0.15) is 22.3 Å². The maximum absolute atomic E-state index is 12.2. The fourth-order valence-electron chi connectivity index (χ4n) is 2.22. The van der Waals surface area contributed by atoms with Gasteiger partial charge in [0.15, 0.2) is 5.78 Å². The van der Waals surface area contributed by atoms with E-state index in [0.717, 1.165) is 18.5 Å². The molecule has 0 saturated carbocycles. The first kappa shape index (κ1) is 13.0. The van der Waals surface area contributed by atoms with E-state index in [-0.39, 0.29) is 11.8 Å². The van der Waals surface area contributed by atoms with Crippen molar-refractivity contribution in [1.82, 2.24) is 4.90 Å². The van der Waals surface area contributed by atoms with Gasteiger partial charge in [-0.2, -0.15) is 0 Å². The molecule has 0 amide bonds. The van der Waals surface area contributed by atoms with Gasteiger partial charge in [-0.1, -0.05) is 42.0 Å². The third-order valence-corrected chi connectivity index (χ3v) is 3.37. The Hall–Kier alpha value is -1.45. The molecule has 0 aromatic heterocycles. The number of rotatable bonds is 4. The first-order valence-electron chi connectivity index (χ1n) is 6.41. The van der Waals surface area contributed by atoms with Crippen molar-refractivity contribution in [2.24, 2.45) is 5.73 Å². The van der Waals surface area contributed by atoms with Gasteiger partial charge in [-0.05, 0) is 13.3 Å². The van der Waals surface area contributed by atoms with Gasteiger partial charge in [0.05, 0.1) is 6.54 Å². The van der Waals surface area contributed by atoms with E-state index in [4.69, 9.17) is 5.73 Å². The predicted molar refractivity (Wildman–Crippen MR) is 73.7 cm³/mol. The topological polar surface area (TPSA) is 46.3 Å². The van der Waals surface area contributed by atoms with Gasteiger partial charge >= 0.3 is 0 Å². The Morgan fingerprint density at radius 1 is 1.39 bits per heavy atom. The number of nitrogens with two attached hydrogens (primary N) is 1. The van der Waals surface area contributed by atoms with Crippen LogP contribution in [0.2, 0.25) is 0 Å². The number of benzene rings is 1. The second kappa shape index (κ2) is 5.94. The lowest BCUT2D eigenvalue weighted by atomic mass is 10.1. The molecule has 1 aromatic rings. The van der Waals surface area contributed by atoms with E-state index in [1.165, 1.54) is 5.56 Å². The molecule has 1 aliphatic heterocycles. The normalized spacial score (nSPS) is 20.0. The largest absolute Gasteiger partial charge is 0.329 e. The monoisotopic (exact) mass is 244 g/mol. The quantitative estimate of drug-likeness (QED) is 0.648. The van der Waals surface area contributed by atoms with Crippen molar-refractivity contribution < 1.29 is 4.79 Å². The molecule has 0 saturated heterocycles. The van der Waals surface area contributed by atoms with Crippen LogP contribution in [0.15, 0.2) is 36.4 Å². The van der Waals surface area contributed by atoms with Crippen molar-refractivity contribution >= 4 is 5.78 Å². The highest BCUT2D eigenvalue weighted by molar-refractivity contribution is 5.97. The first-order valence-corrected chi connectivity index (χ1v) is 6.41. The zero-order valence-corrected chi connectivity index (χ0v) is 10.8. The summed E-state index contributed by atoms with van der Waals surface area (Å²) in [6.45, 7) is 3.96. The number of ketones is 1. The lowest BCUT2D eigenvalue weighted by Crippen LogP contribution is -2.44. The van der Waals surface area contributed by atoms with Crippen LogP contribution in [0.4, 0.5) is 0 Å². The van der Waals surface area contributed by atoms with Gasteiger partial charge in [-0.3, -0.25) is 9.69 Å². The minimum Gasteiger partial charge on any atom is -0.329 e. The van der Waals surface area contributed by atoms with Crippen molar-refractivity contribution in [2.75, 3.05) is 19.6 Å². The van der Waals surface area contributed by atoms with E-state index in [9.17, 15) is 4.79 Å². The van der Waals surface area contributed by atoms with Crippen LogP contribution in [0, 0.1) is 6.92 Å². The maximum Gasteiger partial charge on any atom is 0.176 e. The van der Waals surface area contributed by atoms with Gasteiger partial charge in [-0.15, -0.1) is 0 Å². The van der Waals surface area contributed by atoms with E-state index in [0.29, 0.717) is 13.1 Å². The molecule has 2 rings (SSSR count). The molecule has 3 nitrogen and oxygen atoms in total. The zero-order valence-electron chi connectivity index (χ0n) is 10.8. The highest BCUT2D eigenvalue weighted by Gasteiger charge is 2.20. The molecule has 0 aliphatic carbocycles. The molecule has 1 unspecified atom stereocenters. The van der Waals surface area contributed by atoms with E-state index in [1.54, 1.807) is 0 Å². The number of aryl methyl sites for hydroxylation is 1. The summed E-state index contributed by atoms with van der Waals surface area (Å²) in [4.78, 5) is 14.3. The third-order valence-electron chi connectivity index (χ3n) is 3.37. The number of hydrogen-bond donors (Lipinski definition) is 1. The smallest absolute Gasteiger partial charge is 0.176 e. The van der Waals surface area contributed by atoms with Crippen molar-refractivity contribution in [3.05, 3.63) is 47.5 Å². The van der Waals surface area contributed by atoms with Crippen LogP contribution >= 0.6 is 0 Å². The lowest BCUT2D eigenvalue weighted by Gasteiger charge is -2.30. The summed E-state index contributed by atoms with van der Waals surface area (Å²) < 4.78 is 0. The Kier molecular flexibility index (Phi) is 4.28. The van der Waals surface area contributed by atoms with Crippen LogP contribution in [0.25, 0.3) is 0 Å². The minimum absolute atomic E-state index is 0.170. The van der Waals surface area contributed by atoms with Crippen LogP contribution in [0.5, 0.6) is 0 Å². The molecule has 0 radical (unpaired) electrons. The highest BCUT2D eigenvalue weighted by Crippen LogP contribution is 2.11. The maximum atomic E-state index is 12.2. The molecule has 0 bridgehead atoms. The summed E-state index contributed by atoms with van der Waals surface area (Å²) in [7, 11) is 0. The second-order valence-corrected chi connectivity index (χ2v) is 4.78. The van der Waals surface area contributed by atoms with Crippen LogP contribution in [-0.4, -0.2) is 36.4 Å². The van der Waals surface area contributed by atoms with Gasteiger partial charge in [0.2, 0.25) is 0 Å². The Labute approximate surface area is 108 Å². The standard InChI is InChI=1S/C15H20N2O/c1-12-5-7-13(8-6-12)15(18)11-17-9-3-2-4-14(17)10-16/h2,4-8,14H,3,9-11,16H2,1H3. The number of hydrogen-bond acceptors (Lipinski definition) is 3. The molecular formula is C15H20N2O. The predicted octanol–water partition coefficient (Wildman–Crippen LogP) is 1.77. The molecule has 96 valence electrons. The van der Waals surface area contributed by atoms with E-state index < -0.39 is 0 Å². The third kappa shape index (κ3) is 3.06. The average molecular weight is 244 g/mol. The number of nitrogens with zero attached hydrogens (tertiary/aromatic N) is 1. The molecule has 3 heteroatoms. The molecule has 1 atom stereocenters. The Morgan fingerprint density at radius 2 is 2.11 bits per heavy atom.